The maximum Gasteiger partial charge on any atom is 0.123 e. The van der Waals surface area contributed by atoms with Crippen LogP contribution in [0.15, 0.2) is 18.2 Å². The Morgan fingerprint density at radius 1 is 0.327 bits per heavy atom. The average molecular weight is 726 g/mol. The molecule has 0 bridgehead atoms. The monoisotopic (exact) mass is 726 g/mol. The van der Waals surface area contributed by atoms with Crippen molar-refractivity contribution in [3.8, 4) is 11.5 Å². The van der Waals surface area contributed by atoms with Gasteiger partial charge in [0.15, 0.2) is 0 Å². The molecule has 0 N–H and O–H groups in total. The molecule has 0 fully saturated rings. The van der Waals surface area contributed by atoms with Crippen molar-refractivity contribution in [3.05, 3.63) is 30.7 Å². The van der Waals surface area contributed by atoms with Crippen molar-refractivity contribution in [2.24, 2.45) is 0 Å². The highest BCUT2D eigenvalue weighted by Gasteiger charge is 2.05. The van der Waals surface area contributed by atoms with E-state index in [4.69, 9.17) is 9.47 Å². The number of benzene rings is 1. The van der Waals surface area contributed by atoms with E-state index in [1.54, 1.807) is 0 Å². The van der Waals surface area contributed by atoms with Crippen LogP contribution in [0.4, 0.5) is 0 Å². The van der Waals surface area contributed by atoms with Gasteiger partial charge in [0.05, 0.1) is 13.2 Å². The van der Waals surface area contributed by atoms with Crippen molar-refractivity contribution in [2.45, 2.75) is 264 Å². The Morgan fingerprint density at radius 3 is 0.827 bits per heavy atom. The first kappa shape index (κ1) is 48.8. The maximum atomic E-state index is 6.24. The third-order valence-electron chi connectivity index (χ3n) is 11.2. The summed E-state index contributed by atoms with van der Waals surface area (Å²) in [7, 11) is 0. The molecule has 0 saturated heterocycles. The fourth-order valence-electron chi connectivity index (χ4n) is 7.66. The van der Waals surface area contributed by atoms with E-state index < -0.39 is 0 Å². The zero-order valence-corrected chi connectivity index (χ0v) is 35.7. The maximum absolute atomic E-state index is 6.24. The first-order valence-electron chi connectivity index (χ1n) is 24.0. The summed E-state index contributed by atoms with van der Waals surface area (Å²) in [5.74, 6) is 1.97. The second-order valence-electron chi connectivity index (χ2n) is 16.5. The Labute approximate surface area is 328 Å². The van der Waals surface area contributed by atoms with Crippen LogP contribution < -0.4 is 9.47 Å². The Balaban J connectivity index is 2.00. The SMILES string of the molecule is [CH2]CCCc1cc(OCCCCCCCCCCCCCCCCCCCC)cc(OCCCCCCCCCCCCCCCCCCCC)c1. The summed E-state index contributed by atoms with van der Waals surface area (Å²) in [4.78, 5) is 0. The molecule has 1 rings (SSSR count). The molecular formula is C50H93O2. The van der Waals surface area contributed by atoms with Crippen LogP contribution in [0.1, 0.15) is 263 Å². The predicted molar refractivity (Wildman–Crippen MR) is 233 cm³/mol. The molecule has 0 unspecified atom stereocenters. The second-order valence-corrected chi connectivity index (χ2v) is 16.5. The van der Waals surface area contributed by atoms with Gasteiger partial charge in [0.1, 0.15) is 11.5 Å². The van der Waals surface area contributed by atoms with Crippen LogP contribution in [-0.4, -0.2) is 13.2 Å². The molecule has 0 spiro atoms. The van der Waals surface area contributed by atoms with Crippen LogP contribution in [0.3, 0.4) is 0 Å². The van der Waals surface area contributed by atoms with E-state index >= 15 is 0 Å². The van der Waals surface area contributed by atoms with Crippen molar-refractivity contribution in [1.29, 1.82) is 0 Å². The summed E-state index contributed by atoms with van der Waals surface area (Å²) < 4.78 is 12.5. The summed E-state index contributed by atoms with van der Waals surface area (Å²) in [5, 5.41) is 0. The molecule has 0 amide bonds. The summed E-state index contributed by atoms with van der Waals surface area (Å²) in [6, 6.07) is 6.58. The summed E-state index contributed by atoms with van der Waals surface area (Å²) in [5.41, 5.74) is 1.33. The molecule has 0 aliphatic rings. The highest BCUT2D eigenvalue weighted by atomic mass is 16.5. The lowest BCUT2D eigenvalue weighted by atomic mass is 10.0. The van der Waals surface area contributed by atoms with E-state index in [0.29, 0.717) is 0 Å². The number of aryl methyl sites for hydroxylation is 1. The van der Waals surface area contributed by atoms with Crippen LogP contribution in [0.5, 0.6) is 11.5 Å². The highest BCUT2D eigenvalue weighted by molar-refractivity contribution is 5.38. The van der Waals surface area contributed by atoms with Gasteiger partial charge in [-0.3, -0.25) is 0 Å². The lowest BCUT2D eigenvalue weighted by Gasteiger charge is -2.13. The van der Waals surface area contributed by atoms with Crippen LogP contribution in [0.25, 0.3) is 0 Å². The van der Waals surface area contributed by atoms with Crippen molar-refractivity contribution >= 4 is 0 Å². The van der Waals surface area contributed by atoms with E-state index in [2.05, 4.69) is 39.0 Å². The van der Waals surface area contributed by atoms with Gasteiger partial charge < -0.3 is 9.47 Å². The fraction of sp³-hybridized carbons (Fsp3) is 0.860. The zero-order chi connectivity index (χ0) is 37.3. The lowest BCUT2D eigenvalue weighted by molar-refractivity contribution is 0.289. The van der Waals surface area contributed by atoms with Gasteiger partial charge in [-0.25, -0.2) is 0 Å². The molecule has 0 heterocycles. The fourth-order valence-corrected chi connectivity index (χ4v) is 7.66. The molecule has 1 aromatic rings. The average Bonchev–Trinajstić information content (AvgIpc) is 3.15. The van der Waals surface area contributed by atoms with Crippen molar-refractivity contribution in [2.75, 3.05) is 13.2 Å². The van der Waals surface area contributed by atoms with Crippen molar-refractivity contribution < 1.29 is 9.47 Å². The largest absolute Gasteiger partial charge is 0.493 e. The molecule has 2 heteroatoms. The molecule has 0 saturated carbocycles. The number of rotatable bonds is 43. The quantitative estimate of drug-likeness (QED) is 0.0624. The van der Waals surface area contributed by atoms with E-state index in [-0.39, 0.29) is 0 Å². The Hall–Kier alpha value is -1.18. The van der Waals surface area contributed by atoms with E-state index in [0.717, 1.165) is 56.8 Å². The third-order valence-corrected chi connectivity index (χ3v) is 11.2. The molecule has 0 aliphatic carbocycles. The highest BCUT2D eigenvalue weighted by Crippen LogP contribution is 2.25. The van der Waals surface area contributed by atoms with Crippen LogP contribution >= 0.6 is 0 Å². The van der Waals surface area contributed by atoms with Crippen molar-refractivity contribution in [1.82, 2.24) is 0 Å². The van der Waals surface area contributed by atoms with Gasteiger partial charge in [-0.1, -0.05) is 245 Å². The van der Waals surface area contributed by atoms with Crippen molar-refractivity contribution in [3.63, 3.8) is 0 Å². The number of hydrogen-bond donors (Lipinski definition) is 0. The summed E-state index contributed by atoms with van der Waals surface area (Å²) >= 11 is 0. The minimum atomic E-state index is 0.816. The topological polar surface area (TPSA) is 18.5 Å². The predicted octanol–water partition coefficient (Wildman–Crippen LogP) is 17.7. The van der Waals surface area contributed by atoms with Crippen LogP contribution in [0, 0.1) is 6.92 Å². The van der Waals surface area contributed by atoms with Gasteiger partial charge in [-0.05, 0) is 43.4 Å². The van der Waals surface area contributed by atoms with Gasteiger partial charge in [-0.2, -0.15) is 0 Å². The Kier molecular flexibility index (Phi) is 38.5. The first-order valence-corrected chi connectivity index (χ1v) is 24.0. The first-order chi connectivity index (χ1) is 25.8. The molecule has 2 nitrogen and oxygen atoms in total. The van der Waals surface area contributed by atoms with E-state index in [9.17, 15) is 0 Å². The molecule has 1 aromatic carbocycles. The van der Waals surface area contributed by atoms with Gasteiger partial charge in [0, 0.05) is 6.07 Å². The lowest BCUT2D eigenvalue weighted by Crippen LogP contribution is -2.01. The molecule has 0 aromatic heterocycles. The number of ether oxygens (including phenoxy) is 2. The zero-order valence-electron chi connectivity index (χ0n) is 35.7. The second kappa shape index (κ2) is 41.0. The normalized spacial score (nSPS) is 11.4. The standard InChI is InChI=1S/C50H93O2/c1-4-7-10-12-14-16-18-20-22-24-26-28-30-32-34-36-38-40-43-51-49-45-48(42-9-6-3)46-50(47-49)52-44-41-39-37-35-33-31-29-27-25-23-21-19-17-15-13-11-8-5-2/h45-47H,3-44H2,1-2H3. The van der Waals surface area contributed by atoms with Crippen LogP contribution in [0.2, 0.25) is 0 Å². The van der Waals surface area contributed by atoms with Gasteiger partial charge in [0.25, 0.3) is 0 Å². The summed E-state index contributed by atoms with van der Waals surface area (Å²) in [6.45, 7) is 10.3. The molecule has 1 radical (unpaired) electrons. The van der Waals surface area contributed by atoms with Crippen LogP contribution in [-0.2, 0) is 6.42 Å². The minimum Gasteiger partial charge on any atom is -0.493 e. The molecule has 305 valence electrons. The van der Waals surface area contributed by atoms with E-state index in [1.807, 2.05) is 0 Å². The van der Waals surface area contributed by atoms with E-state index in [1.165, 1.54) is 224 Å². The van der Waals surface area contributed by atoms with Gasteiger partial charge >= 0.3 is 0 Å². The molecule has 0 aliphatic heterocycles. The number of hydrogen-bond acceptors (Lipinski definition) is 2. The Bertz CT molecular complexity index is 758. The number of unbranched alkanes of at least 4 members (excludes halogenated alkanes) is 35. The molecule has 0 atom stereocenters. The smallest absolute Gasteiger partial charge is 0.123 e. The molecular weight excluding hydrogens is 633 g/mol. The Morgan fingerprint density at radius 2 is 0.577 bits per heavy atom. The minimum absolute atomic E-state index is 0.816. The van der Waals surface area contributed by atoms with Gasteiger partial charge in [0.2, 0.25) is 0 Å². The third kappa shape index (κ3) is 34.6. The summed E-state index contributed by atoms with van der Waals surface area (Å²) in [6.07, 6.45) is 53.8. The van der Waals surface area contributed by atoms with Gasteiger partial charge in [-0.15, -0.1) is 0 Å². The molecule has 52 heavy (non-hydrogen) atoms.